The lowest BCUT2D eigenvalue weighted by Crippen LogP contribution is -2.23. The number of ether oxygens (including phenoxy) is 2. The summed E-state index contributed by atoms with van der Waals surface area (Å²) in [5, 5.41) is 3.18. The molecule has 2 saturated carbocycles. The number of halogens is 4. The van der Waals surface area contributed by atoms with Crippen molar-refractivity contribution in [1.82, 2.24) is 0 Å². The molecule has 0 bridgehead atoms. The molecule has 1 atom stereocenters. The van der Waals surface area contributed by atoms with E-state index in [1.54, 1.807) is 12.1 Å². The average Bonchev–Trinajstić information content (AvgIpc) is 3.31. The molecule has 5 nitrogen and oxygen atoms in total. The summed E-state index contributed by atoms with van der Waals surface area (Å²) in [5.41, 5.74) is -2.95. The number of aliphatic imine (C=N–C) groups is 1. The van der Waals surface area contributed by atoms with Crippen molar-refractivity contribution in [1.29, 1.82) is 0 Å². The van der Waals surface area contributed by atoms with Crippen molar-refractivity contribution in [3.8, 4) is 11.5 Å². The highest BCUT2D eigenvalue weighted by Gasteiger charge is 2.30. The highest BCUT2D eigenvalue weighted by molar-refractivity contribution is 8.00. The number of hydrogen-bond donors (Lipinski definition) is 1. The fraction of sp³-hybridized carbons (Fsp3) is 0.500. The summed E-state index contributed by atoms with van der Waals surface area (Å²) in [7, 11) is 1.37. The number of nitrogens with one attached hydrogen (secondary N) is 1. The topological polar surface area (TPSA) is 59.9 Å². The van der Waals surface area contributed by atoms with Crippen LogP contribution in [0.4, 0.5) is 23.2 Å². The third-order valence-corrected chi connectivity index (χ3v) is 7.78. The van der Waals surface area contributed by atoms with E-state index in [9.17, 15) is 22.4 Å². The van der Waals surface area contributed by atoms with E-state index in [1.165, 1.54) is 25.3 Å². The minimum Gasteiger partial charge on any atom is -0.496 e. The van der Waals surface area contributed by atoms with Crippen molar-refractivity contribution in [2.24, 2.45) is 16.8 Å². The Balaban J connectivity index is 1.45. The summed E-state index contributed by atoms with van der Waals surface area (Å²) in [6.07, 6.45) is 5.89. The molecule has 2 aliphatic carbocycles. The Bertz CT molecular complexity index is 1160. The highest BCUT2D eigenvalue weighted by atomic mass is 32.2. The van der Waals surface area contributed by atoms with Crippen molar-refractivity contribution in [3.05, 3.63) is 47.8 Å². The molecule has 0 spiro atoms. The van der Waals surface area contributed by atoms with Crippen molar-refractivity contribution < 1.29 is 31.8 Å². The van der Waals surface area contributed by atoms with Gasteiger partial charge < -0.3 is 14.8 Å². The minimum absolute atomic E-state index is 0.0233. The van der Waals surface area contributed by atoms with Gasteiger partial charge in [0.1, 0.15) is 5.75 Å². The fourth-order valence-corrected chi connectivity index (χ4v) is 5.59. The molecule has 1 N–H and O–H groups in total. The van der Waals surface area contributed by atoms with Crippen LogP contribution in [0.15, 0.2) is 46.3 Å². The van der Waals surface area contributed by atoms with Crippen molar-refractivity contribution in [2.45, 2.75) is 68.4 Å². The number of hydrogen-bond acceptors (Lipinski definition) is 5. The third-order valence-electron chi connectivity index (χ3n) is 7.06. The number of carbonyl (C=O) groups excluding carboxylic acids is 1. The summed E-state index contributed by atoms with van der Waals surface area (Å²) in [5.74, 6) is -0.430. The second-order valence-electron chi connectivity index (χ2n) is 9.94. The quantitative estimate of drug-likeness (QED) is 0.267. The summed E-state index contributed by atoms with van der Waals surface area (Å²) in [6, 6.07) is 8.67. The molecule has 2 aromatic rings. The van der Waals surface area contributed by atoms with Crippen LogP contribution in [0.1, 0.15) is 62.2 Å². The van der Waals surface area contributed by atoms with Crippen molar-refractivity contribution >= 4 is 29.1 Å². The van der Waals surface area contributed by atoms with Crippen molar-refractivity contribution in [3.63, 3.8) is 0 Å². The number of carbonyl (C=O) groups is 1. The van der Waals surface area contributed by atoms with Crippen LogP contribution in [0.25, 0.3) is 0 Å². The van der Waals surface area contributed by atoms with Crippen LogP contribution in [-0.4, -0.2) is 36.9 Å². The summed E-state index contributed by atoms with van der Waals surface area (Å²) < 4.78 is 64.1. The van der Waals surface area contributed by atoms with E-state index in [4.69, 9.17) is 9.47 Å². The molecule has 1 unspecified atom stereocenters. The smallest absolute Gasteiger partial charge is 0.446 e. The Hall–Kier alpha value is -2.75. The van der Waals surface area contributed by atoms with Gasteiger partial charge in [0.05, 0.1) is 18.8 Å². The zero-order chi connectivity index (χ0) is 27.3. The molecule has 10 heteroatoms. The largest absolute Gasteiger partial charge is 0.496 e. The van der Waals surface area contributed by atoms with Crippen molar-refractivity contribution in [2.75, 3.05) is 19.0 Å². The van der Waals surface area contributed by atoms with E-state index >= 15 is 0 Å². The number of rotatable bonds is 8. The van der Waals surface area contributed by atoms with Crippen LogP contribution >= 0.6 is 11.8 Å². The molecule has 0 radical (unpaired) electrons. The summed E-state index contributed by atoms with van der Waals surface area (Å²) >= 11 is -0.161. The van der Waals surface area contributed by atoms with Gasteiger partial charge in [-0.3, -0.25) is 4.79 Å². The number of benzene rings is 2. The SMILES string of the molecule is COc1cc(F)c(OC2CCC(C)CC2)cc1C(=O)N=C1CCCC1CNc1cccc(SC(F)(F)F)c1. The molecule has 2 aromatic carbocycles. The van der Waals surface area contributed by atoms with Crippen LogP contribution in [0.2, 0.25) is 0 Å². The van der Waals surface area contributed by atoms with E-state index in [0.29, 0.717) is 30.3 Å². The molecular weight excluding hydrogens is 520 g/mol. The monoisotopic (exact) mass is 552 g/mol. The van der Waals surface area contributed by atoms with E-state index in [2.05, 4.69) is 17.2 Å². The fourth-order valence-electron chi connectivity index (χ4n) is 4.99. The highest BCUT2D eigenvalue weighted by Crippen LogP contribution is 2.38. The first-order valence-corrected chi connectivity index (χ1v) is 13.7. The lowest BCUT2D eigenvalue weighted by atomic mass is 9.89. The van der Waals surface area contributed by atoms with Crippen LogP contribution in [0.3, 0.4) is 0 Å². The Morgan fingerprint density at radius 3 is 2.58 bits per heavy atom. The first kappa shape index (κ1) is 28.3. The molecule has 2 fully saturated rings. The standard InChI is InChI=1S/C28H32F4N2O3S/c1-17-9-11-20(12-10-17)37-26-14-22(25(36-2)15-23(26)29)27(35)34-24-8-3-5-18(24)16-33-19-6-4-7-21(13-19)38-28(30,31)32/h4,6-7,13-15,17-18,20,33H,3,5,8-12,16H2,1-2H3. The second kappa shape index (κ2) is 12.4. The van der Waals surface area contributed by atoms with Crippen LogP contribution < -0.4 is 14.8 Å². The molecule has 38 heavy (non-hydrogen) atoms. The molecule has 0 heterocycles. The van der Waals surface area contributed by atoms with Gasteiger partial charge in [0.25, 0.3) is 5.91 Å². The lowest BCUT2D eigenvalue weighted by Gasteiger charge is -2.27. The number of methoxy groups -OCH3 is 1. The zero-order valence-electron chi connectivity index (χ0n) is 21.4. The number of nitrogens with zero attached hydrogens (tertiary/aromatic N) is 1. The molecule has 0 saturated heterocycles. The van der Waals surface area contributed by atoms with E-state index < -0.39 is 17.2 Å². The van der Waals surface area contributed by atoms with Gasteiger partial charge in [-0.2, -0.15) is 13.2 Å². The van der Waals surface area contributed by atoms with Gasteiger partial charge in [-0.1, -0.05) is 13.0 Å². The lowest BCUT2D eigenvalue weighted by molar-refractivity contribution is -0.0328. The molecule has 0 aliphatic heterocycles. The molecular formula is C28H32F4N2O3S. The first-order valence-electron chi connectivity index (χ1n) is 12.9. The second-order valence-corrected chi connectivity index (χ2v) is 11.1. The van der Waals surface area contributed by atoms with Gasteiger partial charge in [0.2, 0.25) is 0 Å². The number of anilines is 1. The Labute approximate surface area is 224 Å². The number of thioether (sulfide) groups is 1. The van der Waals surface area contributed by atoms with Gasteiger partial charge in [0, 0.05) is 34.8 Å². The van der Waals surface area contributed by atoms with E-state index in [1.807, 2.05) is 0 Å². The van der Waals surface area contributed by atoms with E-state index in [-0.39, 0.29) is 45.7 Å². The Kier molecular flexibility index (Phi) is 9.23. The average molecular weight is 553 g/mol. The third kappa shape index (κ3) is 7.65. The predicted octanol–water partition coefficient (Wildman–Crippen LogP) is 7.90. The first-order chi connectivity index (χ1) is 18.1. The molecule has 4 rings (SSSR count). The Morgan fingerprint density at radius 1 is 1.11 bits per heavy atom. The van der Waals surface area contributed by atoms with Gasteiger partial charge in [0.15, 0.2) is 11.6 Å². The summed E-state index contributed by atoms with van der Waals surface area (Å²) in [4.78, 5) is 17.7. The van der Waals surface area contributed by atoms with E-state index in [0.717, 1.165) is 44.6 Å². The van der Waals surface area contributed by atoms with Gasteiger partial charge in [-0.15, -0.1) is 0 Å². The maximum atomic E-state index is 14.7. The predicted molar refractivity (Wildman–Crippen MR) is 141 cm³/mol. The molecule has 1 amide bonds. The normalized spacial score (nSPS) is 22.9. The van der Waals surface area contributed by atoms with Crippen LogP contribution in [-0.2, 0) is 0 Å². The van der Waals surface area contributed by atoms with Gasteiger partial charge in [-0.05, 0) is 86.9 Å². The number of alkyl halides is 3. The maximum absolute atomic E-state index is 14.7. The molecule has 206 valence electrons. The van der Waals surface area contributed by atoms with Crippen LogP contribution in [0, 0.1) is 17.7 Å². The Morgan fingerprint density at radius 2 is 1.87 bits per heavy atom. The molecule has 0 aromatic heterocycles. The van der Waals surface area contributed by atoms with Crippen LogP contribution in [0.5, 0.6) is 11.5 Å². The molecule has 2 aliphatic rings. The van der Waals surface area contributed by atoms with Gasteiger partial charge >= 0.3 is 5.51 Å². The maximum Gasteiger partial charge on any atom is 0.446 e. The number of amides is 1. The summed E-state index contributed by atoms with van der Waals surface area (Å²) in [6.45, 7) is 2.62. The zero-order valence-corrected chi connectivity index (χ0v) is 22.3. The minimum atomic E-state index is -4.36. The van der Waals surface area contributed by atoms with Gasteiger partial charge in [-0.25, -0.2) is 9.38 Å².